The number of benzene rings is 1. The van der Waals surface area contributed by atoms with Crippen LogP contribution in [0.15, 0.2) is 36.4 Å². The molecule has 1 unspecified atom stereocenters. The van der Waals surface area contributed by atoms with E-state index in [1.54, 1.807) is 7.11 Å². The van der Waals surface area contributed by atoms with E-state index in [0.717, 1.165) is 38.4 Å². The van der Waals surface area contributed by atoms with Gasteiger partial charge in [0.15, 0.2) is 0 Å². The highest BCUT2D eigenvalue weighted by Gasteiger charge is 2.36. The predicted molar refractivity (Wildman–Crippen MR) is 126 cm³/mol. The molecule has 0 bridgehead atoms. The third-order valence-corrected chi connectivity index (χ3v) is 6.33. The van der Waals surface area contributed by atoms with Gasteiger partial charge in [0.05, 0.1) is 19.2 Å². The second-order valence-corrected chi connectivity index (χ2v) is 9.00. The Morgan fingerprint density at radius 1 is 1.17 bits per heavy atom. The Hall–Kier alpha value is -2.36. The van der Waals surface area contributed by atoms with Gasteiger partial charge < -0.3 is 14.5 Å². The summed E-state index contributed by atoms with van der Waals surface area (Å²) in [7, 11) is 3.54. The van der Waals surface area contributed by atoms with E-state index >= 15 is 0 Å². The molecule has 4 rings (SSSR count). The molecule has 0 saturated carbocycles. The molecule has 1 atom stereocenters. The SMILES string of the molecule is COc1ccc(Cn2nc(I)c3nc(N4CCN(C)C(=O)C4C(C)C)ccc32)cc1. The molecule has 0 N–H and O–H groups in total. The summed E-state index contributed by atoms with van der Waals surface area (Å²) in [6.45, 7) is 6.32. The Bertz CT molecular complexity index is 1060. The van der Waals surface area contributed by atoms with E-state index < -0.39 is 0 Å². The minimum atomic E-state index is -0.194. The average Bonchev–Trinajstić information content (AvgIpc) is 3.05. The number of ether oxygens (including phenoxy) is 1. The number of likely N-dealkylation sites (N-methyl/N-ethyl adjacent to an activating group) is 1. The van der Waals surface area contributed by atoms with Gasteiger partial charge in [-0.25, -0.2) is 4.98 Å². The van der Waals surface area contributed by atoms with Gasteiger partial charge in [0.2, 0.25) is 5.91 Å². The van der Waals surface area contributed by atoms with Gasteiger partial charge in [-0.15, -0.1) is 0 Å². The fourth-order valence-corrected chi connectivity index (χ4v) is 4.62. The number of methoxy groups -OCH3 is 1. The molecular weight excluding hydrogens is 493 g/mol. The Morgan fingerprint density at radius 2 is 1.90 bits per heavy atom. The van der Waals surface area contributed by atoms with Gasteiger partial charge in [0.1, 0.15) is 26.8 Å². The maximum Gasteiger partial charge on any atom is 0.245 e. The topological polar surface area (TPSA) is 63.5 Å². The van der Waals surface area contributed by atoms with Crippen molar-refractivity contribution in [1.29, 1.82) is 0 Å². The molecule has 2 aromatic heterocycles. The van der Waals surface area contributed by atoms with Crippen LogP contribution >= 0.6 is 22.6 Å². The van der Waals surface area contributed by atoms with Crippen LogP contribution in [0, 0.1) is 9.62 Å². The zero-order valence-electron chi connectivity index (χ0n) is 17.7. The number of halogens is 1. The Kier molecular flexibility index (Phi) is 5.86. The maximum absolute atomic E-state index is 12.8. The second-order valence-electron chi connectivity index (χ2n) is 7.98. The number of carbonyl (C=O) groups is 1. The van der Waals surface area contributed by atoms with Crippen LogP contribution in [0.25, 0.3) is 11.0 Å². The van der Waals surface area contributed by atoms with Crippen molar-refractivity contribution in [1.82, 2.24) is 19.7 Å². The Balaban J connectivity index is 1.66. The highest BCUT2D eigenvalue weighted by molar-refractivity contribution is 14.1. The number of piperazine rings is 1. The van der Waals surface area contributed by atoms with E-state index in [4.69, 9.17) is 14.8 Å². The van der Waals surface area contributed by atoms with Crippen LogP contribution in [0.5, 0.6) is 5.75 Å². The first kappa shape index (κ1) is 20.9. The first-order chi connectivity index (χ1) is 14.4. The van der Waals surface area contributed by atoms with E-state index in [2.05, 4.69) is 47.4 Å². The maximum atomic E-state index is 12.8. The summed E-state index contributed by atoms with van der Waals surface area (Å²) in [5, 5.41) is 4.71. The third-order valence-electron chi connectivity index (χ3n) is 5.60. The zero-order chi connectivity index (χ0) is 21.4. The smallest absolute Gasteiger partial charge is 0.245 e. The molecule has 158 valence electrons. The largest absolute Gasteiger partial charge is 0.497 e. The molecule has 30 heavy (non-hydrogen) atoms. The number of carbonyl (C=O) groups excluding carboxylic acids is 1. The van der Waals surface area contributed by atoms with Gasteiger partial charge in [-0.2, -0.15) is 5.10 Å². The molecule has 0 radical (unpaired) electrons. The van der Waals surface area contributed by atoms with Crippen LogP contribution in [0.1, 0.15) is 19.4 Å². The minimum absolute atomic E-state index is 0.156. The summed E-state index contributed by atoms with van der Waals surface area (Å²) in [6, 6.07) is 11.9. The van der Waals surface area contributed by atoms with Crippen LogP contribution in [-0.2, 0) is 11.3 Å². The van der Waals surface area contributed by atoms with Gasteiger partial charge >= 0.3 is 0 Å². The van der Waals surface area contributed by atoms with Gasteiger partial charge in [0.25, 0.3) is 0 Å². The summed E-state index contributed by atoms with van der Waals surface area (Å²) in [6.07, 6.45) is 0. The van der Waals surface area contributed by atoms with Crippen molar-refractivity contribution in [2.75, 3.05) is 32.1 Å². The van der Waals surface area contributed by atoms with Gasteiger partial charge in [-0.3, -0.25) is 9.48 Å². The Labute approximate surface area is 190 Å². The lowest BCUT2D eigenvalue weighted by molar-refractivity contribution is -0.133. The number of pyridine rings is 1. The molecule has 1 aromatic carbocycles. The van der Waals surface area contributed by atoms with Crippen molar-refractivity contribution in [3.05, 3.63) is 45.7 Å². The van der Waals surface area contributed by atoms with Gasteiger partial charge in [0, 0.05) is 20.1 Å². The second kappa shape index (κ2) is 8.41. The van der Waals surface area contributed by atoms with Crippen molar-refractivity contribution < 1.29 is 9.53 Å². The molecule has 3 heterocycles. The molecule has 7 nitrogen and oxygen atoms in total. The number of fused-ring (bicyclic) bond motifs is 1. The summed E-state index contributed by atoms with van der Waals surface area (Å²) in [5.41, 5.74) is 3.00. The first-order valence-electron chi connectivity index (χ1n) is 10.1. The number of hydrogen-bond acceptors (Lipinski definition) is 5. The molecule has 3 aromatic rings. The van der Waals surface area contributed by atoms with Crippen LogP contribution in [-0.4, -0.2) is 58.9 Å². The number of nitrogens with zero attached hydrogens (tertiary/aromatic N) is 5. The highest BCUT2D eigenvalue weighted by Crippen LogP contribution is 2.28. The third kappa shape index (κ3) is 3.84. The van der Waals surface area contributed by atoms with Crippen molar-refractivity contribution in [2.45, 2.75) is 26.4 Å². The molecule has 1 fully saturated rings. The molecule has 1 aliphatic rings. The number of hydrogen-bond donors (Lipinski definition) is 0. The minimum Gasteiger partial charge on any atom is -0.497 e. The molecule has 1 aliphatic heterocycles. The van der Waals surface area contributed by atoms with Crippen LogP contribution in [0.2, 0.25) is 0 Å². The molecule has 0 spiro atoms. The van der Waals surface area contributed by atoms with E-state index in [-0.39, 0.29) is 17.9 Å². The van der Waals surface area contributed by atoms with E-state index in [1.165, 1.54) is 0 Å². The monoisotopic (exact) mass is 519 g/mol. The highest BCUT2D eigenvalue weighted by atomic mass is 127. The zero-order valence-corrected chi connectivity index (χ0v) is 19.8. The van der Waals surface area contributed by atoms with Crippen molar-refractivity contribution in [2.24, 2.45) is 5.92 Å². The summed E-state index contributed by atoms with van der Waals surface area (Å²) >= 11 is 2.24. The quantitative estimate of drug-likeness (QED) is 0.484. The predicted octanol–water partition coefficient (Wildman–Crippen LogP) is 3.40. The van der Waals surface area contributed by atoms with Crippen LogP contribution in [0.3, 0.4) is 0 Å². The van der Waals surface area contributed by atoms with Gasteiger partial charge in [-0.1, -0.05) is 26.0 Å². The van der Waals surface area contributed by atoms with Crippen molar-refractivity contribution in [3.8, 4) is 5.75 Å². The summed E-state index contributed by atoms with van der Waals surface area (Å²) in [4.78, 5) is 21.6. The van der Waals surface area contributed by atoms with Crippen LogP contribution in [0.4, 0.5) is 5.82 Å². The van der Waals surface area contributed by atoms with Crippen LogP contribution < -0.4 is 9.64 Å². The molecule has 1 saturated heterocycles. The number of amides is 1. The lowest BCUT2D eigenvalue weighted by atomic mass is 9.99. The van der Waals surface area contributed by atoms with Gasteiger partial charge in [-0.05, 0) is 58.3 Å². The van der Waals surface area contributed by atoms with E-state index in [0.29, 0.717) is 13.1 Å². The summed E-state index contributed by atoms with van der Waals surface area (Å²) in [5.74, 6) is 2.04. The molecule has 1 amide bonds. The fourth-order valence-electron chi connectivity index (χ4n) is 3.96. The fraction of sp³-hybridized carbons (Fsp3) is 0.409. The lowest BCUT2D eigenvalue weighted by Gasteiger charge is -2.41. The normalized spacial score (nSPS) is 17.3. The molecule has 8 heteroatoms. The van der Waals surface area contributed by atoms with Crippen molar-refractivity contribution >= 4 is 45.3 Å². The molecule has 0 aliphatic carbocycles. The summed E-state index contributed by atoms with van der Waals surface area (Å²) < 4.78 is 8.08. The number of rotatable bonds is 5. The van der Waals surface area contributed by atoms with E-state index in [1.807, 2.05) is 47.0 Å². The lowest BCUT2D eigenvalue weighted by Crippen LogP contribution is -2.58. The van der Waals surface area contributed by atoms with Crippen molar-refractivity contribution in [3.63, 3.8) is 0 Å². The standard InChI is InChI=1S/C22H26IN5O2/c1-14(2)20-22(29)26(3)11-12-27(20)18-10-9-17-19(24-18)21(23)25-28(17)13-15-5-7-16(30-4)8-6-15/h5-10,14,20H,11-13H2,1-4H3. The number of anilines is 1. The Morgan fingerprint density at radius 3 is 2.57 bits per heavy atom. The average molecular weight is 519 g/mol. The van der Waals surface area contributed by atoms with E-state index in [9.17, 15) is 4.79 Å². The number of aromatic nitrogens is 3. The first-order valence-corrected chi connectivity index (χ1v) is 11.1. The molecular formula is C22H26IN5O2.